The zero-order valence-electron chi connectivity index (χ0n) is 16.7. The third-order valence-corrected chi connectivity index (χ3v) is 6.62. The third kappa shape index (κ3) is 5.79. The molecule has 2 aliphatic rings. The van der Waals surface area contributed by atoms with Crippen LogP contribution in [0.25, 0.3) is 0 Å². The lowest BCUT2D eigenvalue weighted by Crippen LogP contribution is -2.56. The van der Waals surface area contributed by atoms with E-state index < -0.39 is 11.2 Å². The Kier molecular flexibility index (Phi) is 8.95. The van der Waals surface area contributed by atoms with E-state index in [1.165, 1.54) is 18.0 Å². The zero-order chi connectivity index (χ0) is 20.8. The highest BCUT2D eigenvalue weighted by atomic mass is 35.5. The van der Waals surface area contributed by atoms with Crippen LogP contribution in [0.3, 0.4) is 0 Å². The molecular formula is C19H29ClF2N4OS. The van der Waals surface area contributed by atoms with Gasteiger partial charge in [0.05, 0.1) is 10.3 Å². The van der Waals surface area contributed by atoms with Crippen LogP contribution in [0.1, 0.15) is 13.3 Å². The molecule has 0 bridgehead atoms. The molecule has 3 unspecified atom stereocenters. The van der Waals surface area contributed by atoms with E-state index in [0.29, 0.717) is 16.8 Å². The average Bonchev–Trinajstić information content (AvgIpc) is 2.63. The largest absolute Gasteiger partial charge is 0.400 e. The number of aliphatic hydroxyl groups is 1. The second-order valence-corrected chi connectivity index (χ2v) is 8.85. The SMILES string of the molecule is CC1CC(N2CC(CN(C)C)C2)C(Cl)=C(F)C1SNc1cccc(F)n1.CO. The van der Waals surface area contributed by atoms with E-state index in [4.69, 9.17) is 16.7 Å². The third-order valence-electron chi connectivity index (χ3n) is 4.94. The summed E-state index contributed by atoms with van der Waals surface area (Å²) in [6.07, 6.45) is 0.816. The Morgan fingerprint density at radius 2 is 2.00 bits per heavy atom. The number of aliphatic hydroxyl groups excluding tert-OH is 1. The molecule has 3 atom stereocenters. The fourth-order valence-corrected chi connectivity index (χ4v) is 5.03. The lowest BCUT2D eigenvalue weighted by molar-refractivity contribution is 0.0418. The molecule has 2 heterocycles. The Bertz CT molecular complexity index is 673. The molecule has 28 heavy (non-hydrogen) atoms. The fourth-order valence-electron chi connectivity index (χ4n) is 3.69. The van der Waals surface area contributed by atoms with Crippen molar-refractivity contribution in [2.45, 2.75) is 24.6 Å². The number of aromatic nitrogens is 1. The number of halogens is 3. The van der Waals surface area contributed by atoms with E-state index in [0.717, 1.165) is 33.2 Å². The van der Waals surface area contributed by atoms with Crippen LogP contribution in [0.15, 0.2) is 29.1 Å². The number of likely N-dealkylation sites (tertiary alicyclic amines) is 1. The monoisotopic (exact) mass is 434 g/mol. The lowest BCUT2D eigenvalue weighted by Gasteiger charge is -2.47. The van der Waals surface area contributed by atoms with Gasteiger partial charge in [-0.2, -0.15) is 4.39 Å². The maximum atomic E-state index is 14.9. The predicted octanol–water partition coefficient (Wildman–Crippen LogP) is 3.58. The molecule has 0 aromatic carbocycles. The first kappa shape index (κ1) is 23.3. The topological polar surface area (TPSA) is 51.6 Å². The van der Waals surface area contributed by atoms with E-state index in [2.05, 4.69) is 33.6 Å². The Labute approximate surface area is 175 Å². The van der Waals surface area contributed by atoms with Crippen LogP contribution < -0.4 is 4.72 Å². The van der Waals surface area contributed by atoms with Gasteiger partial charge in [-0.15, -0.1) is 0 Å². The summed E-state index contributed by atoms with van der Waals surface area (Å²) in [5, 5.41) is 6.92. The summed E-state index contributed by atoms with van der Waals surface area (Å²) in [6, 6.07) is 4.46. The van der Waals surface area contributed by atoms with Gasteiger partial charge in [-0.05, 0) is 56.4 Å². The summed E-state index contributed by atoms with van der Waals surface area (Å²) < 4.78 is 31.0. The Morgan fingerprint density at radius 3 is 2.61 bits per heavy atom. The minimum absolute atomic E-state index is 0.0331. The molecule has 1 aromatic heterocycles. The normalized spacial score (nSPS) is 26.0. The molecule has 1 fully saturated rings. The molecule has 1 aliphatic heterocycles. The first-order valence-corrected chi connectivity index (χ1v) is 10.5. The van der Waals surface area contributed by atoms with Crippen molar-refractivity contribution >= 4 is 29.4 Å². The number of hydrogen-bond donors (Lipinski definition) is 2. The van der Waals surface area contributed by atoms with E-state index in [1.807, 2.05) is 6.92 Å². The maximum absolute atomic E-state index is 14.9. The van der Waals surface area contributed by atoms with E-state index >= 15 is 0 Å². The molecule has 5 nitrogen and oxygen atoms in total. The highest BCUT2D eigenvalue weighted by molar-refractivity contribution is 8.01. The average molecular weight is 435 g/mol. The molecule has 0 radical (unpaired) electrons. The predicted molar refractivity (Wildman–Crippen MR) is 113 cm³/mol. The fraction of sp³-hybridized carbons (Fsp3) is 0.632. The van der Waals surface area contributed by atoms with Gasteiger partial charge in [0.1, 0.15) is 11.6 Å². The molecule has 0 amide bonds. The van der Waals surface area contributed by atoms with Crippen molar-refractivity contribution in [2.75, 3.05) is 45.6 Å². The summed E-state index contributed by atoms with van der Waals surface area (Å²) in [6.45, 7) is 5.00. The zero-order valence-corrected chi connectivity index (χ0v) is 18.3. The first-order valence-electron chi connectivity index (χ1n) is 9.28. The van der Waals surface area contributed by atoms with Crippen LogP contribution in [-0.2, 0) is 0 Å². The molecule has 2 N–H and O–H groups in total. The minimum atomic E-state index is -0.563. The van der Waals surface area contributed by atoms with Gasteiger partial charge in [0.15, 0.2) is 0 Å². The minimum Gasteiger partial charge on any atom is -0.400 e. The highest BCUT2D eigenvalue weighted by Gasteiger charge is 2.41. The Balaban J connectivity index is 0.00000136. The molecule has 1 aliphatic carbocycles. The van der Waals surface area contributed by atoms with E-state index in [1.54, 1.807) is 12.1 Å². The number of rotatable bonds is 6. The van der Waals surface area contributed by atoms with Gasteiger partial charge in [0.25, 0.3) is 0 Å². The number of nitrogens with zero attached hydrogens (tertiary/aromatic N) is 3. The van der Waals surface area contributed by atoms with Gasteiger partial charge in [-0.1, -0.05) is 24.6 Å². The van der Waals surface area contributed by atoms with Crippen LogP contribution >= 0.6 is 23.5 Å². The summed E-state index contributed by atoms with van der Waals surface area (Å²) in [7, 11) is 5.14. The van der Waals surface area contributed by atoms with Crippen LogP contribution in [0.4, 0.5) is 14.6 Å². The molecule has 0 saturated carbocycles. The van der Waals surface area contributed by atoms with E-state index in [-0.39, 0.29) is 17.8 Å². The van der Waals surface area contributed by atoms with Gasteiger partial charge < -0.3 is 14.7 Å². The van der Waals surface area contributed by atoms with Crippen molar-refractivity contribution in [3.63, 3.8) is 0 Å². The van der Waals surface area contributed by atoms with Gasteiger partial charge in [0, 0.05) is 32.8 Å². The molecule has 1 saturated heterocycles. The molecule has 9 heteroatoms. The van der Waals surface area contributed by atoms with Gasteiger partial charge in [0.2, 0.25) is 5.95 Å². The summed E-state index contributed by atoms with van der Waals surface area (Å²) >= 11 is 7.60. The van der Waals surface area contributed by atoms with Crippen molar-refractivity contribution in [2.24, 2.45) is 11.8 Å². The number of nitrogens with one attached hydrogen (secondary N) is 1. The summed E-state index contributed by atoms with van der Waals surface area (Å²) in [4.78, 5) is 8.20. The molecule has 1 aromatic rings. The second kappa shape index (κ2) is 10.7. The molecule has 158 valence electrons. The van der Waals surface area contributed by atoms with Crippen molar-refractivity contribution in [1.82, 2.24) is 14.8 Å². The second-order valence-electron chi connectivity index (χ2n) is 7.49. The van der Waals surface area contributed by atoms with Crippen LogP contribution in [0.5, 0.6) is 0 Å². The highest BCUT2D eigenvalue weighted by Crippen LogP contribution is 2.43. The number of pyridine rings is 1. The Hall–Kier alpha value is -0.930. The first-order chi connectivity index (χ1) is 13.3. The number of anilines is 1. The van der Waals surface area contributed by atoms with Crippen LogP contribution in [0, 0.1) is 17.8 Å². The van der Waals surface area contributed by atoms with Crippen molar-refractivity contribution in [3.8, 4) is 0 Å². The van der Waals surface area contributed by atoms with Gasteiger partial charge in [-0.3, -0.25) is 4.90 Å². The lowest BCUT2D eigenvalue weighted by atomic mass is 9.86. The Morgan fingerprint density at radius 1 is 1.32 bits per heavy atom. The van der Waals surface area contributed by atoms with Crippen molar-refractivity contribution in [1.29, 1.82) is 0 Å². The van der Waals surface area contributed by atoms with Gasteiger partial charge in [-0.25, -0.2) is 9.37 Å². The maximum Gasteiger partial charge on any atom is 0.214 e. The molecule has 0 spiro atoms. The smallest absolute Gasteiger partial charge is 0.214 e. The summed E-state index contributed by atoms with van der Waals surface area (Å²) in [5.74, 6) is 0.275. The number of hydrogen-bond acceptors (Lipinski definition) is 6. The molecular weight excluding hydrogens is 406 g/mol. The van der Waals surface area contributed by atoms with Crippen LogP contribution in [0.2, 0.25) is 0 Å². The van der Waals surface area contributed by atoms with Crippen molar-refractivity contribution < 1.29 is 13.9 Å². The van der Waals surface area contributed by atoms with Gasteiger partial charge >= 0.3 is 0 Å². The van der Waals surface area contributed by atoms with Crippen molar-refractivity contribution in [3.05, 3.63) is 35.0 Å². The quantitative estimate of drug-likeness (QED) is 0.527. The molecule has 3 rings (SSSR count). The summed E-state index contributed by atoms with van der Waals surface area (Å²) in [5.41, 5.74) is 0. The standard InChI is InChI=1S/C18H25ClF2N4S.CH4O/c1-11-7-13(25-9-12(10-25)8-24(2)3)16(19)17(21)18(11)26-23-15-6-4-5-14(20)22-15;1-2/h4-6,11-13,18H,7-10H2,1-3H3,(H,22,23);2H,1H3. The van der Waals surface area contributed by atoms with Crippen LogP contribution in [-0.4, -0.2) is 72.0 Å². The van der Waals surface area contributed by atoms with E-state index in [9.17, 15) is 8.78 Å².